The summed E-state index contributed by atoms with van der Waals surface area (Å²) in [5.41, 5.74) is 2.69. The lowest BCUT2D eigenvalue weighted by Gasteiger charge is -2.10. The SMILES string of the molecule is CCc1ccc(-c2csc(NC(=O)COC(=O)c3cc(S(N)(=O)=O)ccc3OC)n2)cc1. The van der Waals surface area contributed by atoms with Gasteiger partial charge >= 0.3 is 5.97 Å². The van der Waals surface area contributed by atoms with Gasteiger partial charge in [-0.2, -0.15) is 0 Å². The van der Waals surface area contributed by atoms with Gasteiger partial charge in [0, 0.05) is 10.9 Å². The van der Waals surface area contributed by atoms with Crippen LogP contribution in [0.25, 0.3) is 11.3 Å². The highest BCUT2D eigenvalue weighted by atomic mass is 32.2. The fraction of sp³-hybridized carbons (Fsp3) is 0.190. The Morgan fingerprint density at radius 2 is 1.88 bits per heavy atom. The summed E-state index contributed by atoms with van der Waals surface area (Å²) in [5, 5.41) is 9.83. The zero-order chi connectivity index (χ0) is 23.3. The van der Waals surface area contributed by atoms with Crippen molar-refractivity contribution in [3.8, 4) is 17.0 Å². The summed E-state index contributed by atoms with van der Waals surface area (Å²) in [4.78, 5) is 28.7. The van der Waals surface area contributed by atoms with E-state index in [0.29, 0.717) is 5.13 Å². The van der Waals surface area contributed by atoms with Gasteiger partial charge in [-0.3, -0.25) is 10.1 Å². The molecule has 0 saturated heterocycles. The highest BCUT2D eigenvalue weighted by molar-refractivity contribution is 7.89. The van der Waals surface area contributed by atoms with Gasteiger partial charge in [-0.15, -0.1) is 11.3 Å². The van der Waals surface area contributed by atoms with E-state index in [1.807, 2.05) is 29.6 Å². The maximum absolute atomic E-state index is 12.4. The van der Waals surface area contributed by atoms with Gasteiger partial charge in [0.05, 0.1) is 17.7 Å². The molecule has 1 heterocycles. The predicted octanol–water partition coefficient (Wildman–Crippen LogP) is 2.82. The van der Waals surface area contributed by atoms with Gasteiger partial charge < -0.3 is 9.47 Å². The van der Waals surface area contributed by atoms with Gasteiger partial charge in [0.1, 0.15) is 11.3 Å². The number of methoxy groups -OCH3 is 1. The van der Waals surface area contributed by atoms with Gasteiger partial charge in [-0.05, 0) is 30.2 Å². The molecule has 9 nitrogen and oxygen atoms in total. The van der Waals surface area contributed by atoms with Crippen molar-refractivity contribution in [3.63, 3.8) is 0 Å². The number of aromatic nitrogens is 1. The number of nitrogens with zero attached hydrogens (tertiary/aromatic N) is 1. The van der Waals surface area contributed by atoms with Gasteiger partial charge in [-0.25, -0.2) is 23.3 Å². The molecule has 0 aliphatic carbocycles. The monoisotopic (exact) mass is 475 g/mol. The number of primary sulfonamides is 1. The number of nitrogens with one attached hydrogen (secondary N) is 1. The highest BCUT2D eigenvalue weighted by Crippen LogP contribution is 2.26. The average molecular weight is 476 g/mol. The maximum atomic E-state index is 12.4. The van der Waals surface area contributed by atoms with Crippen molar-refractivity contribution in [2.45, 2.75) is 18.2 Å². The molecule has 0 bridgehead atoms. The van der Waals surface area contributed by atoms with Crippen LogP contribution >= 0.6 is 11.3 Å². The molecule has 32 heavy (non-hydrogen) atoms. The highest BCUT2D eigenvalue weighted by Gasteiger charge is 2.20. The minimum Gasteiger partial charge on any atom is -0.496 e. The summed E-state index contributed by atoms with van der Waals surface area (Å²) in [7, 11) is -2.72. The Kier molecular flexibility index (Phi) is 7.23. The molecule has 1 aromatic heterocycles. The molecule has 3 N–H and O–H groups in total. The fourth-order valence-electron chi connectivity index (χ4n) is 2.76. The largest absolute Gasteiger partial charge is 0.496 e. The number of carbonyl (C=O) groups is 2. The lowest BCUT2D eigenvalue weighted by atomic mass is 10.1. The van der Waals surface area contributed by atoms with Crippen LogP contribution in [0.1, 0.15) is 22.8 Å². The second-order valence-corrected chi connectivity index (χ2v) is 9.04. The standard InChI is InChI=1S/C21H21N3O6S2/c1-3-13-4-6-14(7-5-13)17-12-31-21(23-17)24-19(25)11-30-20(26)16-10-15(32(22,27)28)8-9-18(16)29-2/h4-10,12H,3,11H2,1-2H3,(H2,22,27,28)(H,23,24,25). The summed E-state index contributed by atoms with van der Waals surface area (Å²) in [5.74, 6) is -1.44. The molecule has 168 valence electrons. The second kappa shape index (κ2) is 9.90. The Labute approximate surface area is 189 Å². The van der Waals surface area contributed by atoms with E-state index in [2.05, 4.69) is 17.2 Å². The Morgan fingerprint density at radius 3 is 2.50 bits per heavy atom. The number of aryl methyl sites for hydroxylation is 1. The maximum Gasteiger partial charge on any atom is 0.342 e. The topological polar surface area (TPSA) is 138 Å². The molecule has 0 atom stereocenters. The molecule has 0 aliphatic heterocycles. The number of anilines is 1. The minimum absolute atomic E-state index is 0.0847. The van der Waals surface area contributed by atoms with E-state index in [9.17, 15) is 18.0 Å². The third kappa shape index (κ3) is 5.69. The first kappa shape index (κ1) is 23.4. The van der Waals surface area contributed by atoms with Crippen LogP contribution in [0, 0.1) is 0 Å². The summed E-state index contributed by atoms with van der Waals surface area (Å²) in [6, 6.07) is 11.5. The first-order valence-corrected chi connectivity index (χ1v) is 11.9. The summed E-state index contributed by atoms with van der Waals surface area (Å²) >= 11 is 1.24. The first-order valence-electron chi connectivity index (χ1n) is 9.44. The number of amides is 1. The molecule has 3 rings (SSSR count). The van der Waals surface area contributed by atoms with Crippen LogP contribution in [0.3, 0.4) is 0 Å². The minimum atomic E-state index is -4.03. The van der Waals surface area contributed by atoms with Gasteiger partial charge in [0.2, 0.25) is 10.0 Å². The fourth-order valence-corrected chi connectivity index (χ4v) is 4.04. The van der Waals surface area contributed by atoms with E-state index in [1.54, 1.807) is 0 Å². The molecule has 0 aliphatic rings. The van der Waals surface area contributed by atoms with E-state index in [0.717, 1.165) is 23.7 Å². The number of hydrogen-bond acceptors (Lipinski definition) is 8. The van der Waals surface area contributed by atoms with E-state index >= 15 is 0 Å². The second-order valence-electron chi connectivity index (χ2n) is 6.62. The van der Waals surface area contributed by atoms with Crippen molar-refractivity contribution < 1.29 is 27.5 Å². The average Bonchev–Trinajstić information content (AvgIpc) is 3.24. The Bertz CT molecular complexity index is 1240. The molecule has 0 spiro atoms. The third-order valence-corrected chi connectivity index (χ3v) is 6.13. The predicted molar refractivity (Wildman–Crippen MR) is 120 cm³/mol. The van der Waals surface area contributed by atoms with Crippen molar-refractivity contribution in [2.75, 3.05) is 19.0 Å². The molecular formula is C21H21N3O6S2. The number of rotatable bonds is 8. The number of esters is 1. The molecular weight excluding hydrogens is 454 g/mol. The number of thiazole rings is 1. The summed E-state index contributed by atoms with van der Waals surface area (Å²) in [6.07, 6.45) is 0.940. The number of nitrogens with two attached hydrogens (primary N) is 1. The van der Waals surface area contributed by atoms with Crippen LogP contribution in [-0.2, 0) is 26.0 Å². The quantitative estimate of drug-likeness (QED) is 0.478. The molecule has 2 aromatic carbocycles. The van der Waals surface area contributed by atoms with E-state index in [4.69, 9.17) is 14.6 Å². The number of hydrogen-bond donors (Lipinski definition) is 2. The molecule has 3 aromatic rings. The van der Waals surface area contributed by atoms with Crippen molar-refractivity contribution >= 4 is 38.4 Å². The zero-order valence-corrected chi connectivity index (χ0v) is 19.0. The van der Waals surface area contributed by atoms with Crippen LogP contribution < -0.4 is 15.2 Å². The van der Waals surface area contributed by atoms with Crippen LogP contribution in [0.2, 0.25) is 0 Å². The van der Waals surface area contributed by atoms with Crippen molar-refractivity contribution in [2.24, 2.45) is 5.14 Å². The van der Waals surface area contributed by atoms with Gasteiger partial charge in [0.15, 0.2) is 11.7 Å². The van der Waals surface area contributed by atoms with Crippen LogP contribution in [-0.4, -0.2) is 39.0 Å². The van der Waals surface area contributed by atoms with E-state index in [1.165, 1.54) is 36.1 Å². The number of carbonyl (C=O) groups excluding carboxylic acids is 2. The lowest BCUT2D eigenvalue weighted by Crippen LogP contribution is -2.21. The van der Waals surface area contributed by atoms with Gasteiger partial charge in [-0.1, -0.05) is 31.2 Å². The summed E-state index contributed by atoms with van der Waals surface area (Å²) in [6.45, 7) is 1.48. The van der Waals surface area contributed by atoms with Crippen LogP contribution in [0.15, 0.2) is 52.7 Å². The van der Waals surface area contributed by atoms with Crippen molar-refractivity contribution in [3.05, 3.63) is 59.0 Å². The molecule has 1 amide bonds. The molecule has 11 heteroatoms. The third-order valence-electron chi connectivity index (χ3n) is 4.46. The van der Waals surface area contributed by atoms with Crippen LogP contribution in [0.4, 0.5) is 5.13 Å². The Morgan fingerprint density at radius 1 is 1.16 bits per heavy atom. The normalized spacial score (nSPS) is 11.1. The number of benzene rings is 2. The number of ether oxygens (including phenoxy) is 2. The Hall–Kier alpha value is -3.28. The first-order chi connectivity index (χ1) is 15.2. The van der Waals surface area contributed by atoms with Gasteiger partial charge in [0.25, 0.3) is 5.91 Å². The molecule has 0 unspecified atom stereocenters. The van der Waals surface area contributed by atoms with Crippen molar-refractivity contribution in [1.82, 2.24) is 4.98 Å². The van der Waals surface area contributed by atoms with E-state index in [-0.39, 0.29) is 16.2 Å². The van der Waals surface area contributed by atoms with Crippen LogP contribution in [0.5, 0.6) is 5.75 Å². The Balaban J connectivity index is 1.63. The zero-order valence-electron chi connectivity index (χ0n) is 17.3. The van der Waals surface area contributed by atoms with Crippen molar-refractivity contribution in [1.29, 1.82) is 0 Å². The summed E-state index contributed by atoms with van der Waals surface area (Å²) < 4.78 is 33.1. The van der Waals surface area contributed by atoms with E-state index < -0.39 is 28.5 Å². The molecule has 0 fully saturated rings. The lowest BCUT2D eigenvalue weighted by molar-refractivity contribution is -0.119. The molecule has 0 saturated carbocycles. The molecule has 0 radical (unpaired) electrons. The number of sulfonamides is 1. The smallest absolute Gasteiger partial charge is 0.342 e.